The van der Waals surface area contributed by atoms with E-state index in [1.165, 1.54) is 18.3 Å². The highest BCUT2D eigenvalue weighted by atomic mass is 35.5. The SMILES string of the molecule is CC(C)C(NC(=O)c1ccccc1Cl)C(=O)N/N=C\c1cccn1-c1ccc([N+](=O)[O-])cc1. The molecule has 1 heterocycles. The second kappa shape index (κ2) is 10.6. The van der Waals surface area contributed by atoms with E-state index < -0.39 is 22.8 Å². The Balaban J connectivity index is 1.68. The van der Waals surface area contributed by atoms with Gasteiger partial charge in [0.15, 0.2) is 0 Å². The molecule has 1 unspecified atom stereocenters. The van der Waals surface area contributed by atoms with Crippen molar-refractivity contribution in [1.29, 1.82) is 0 Å². The molecule has 0 bridgehead atoms. The van der Waals surface area contributed by atoms with Gasteiger partial charge in [-0.1, -0.05) is 37.6 Å². The summed E-state index contributed by atoms with van der Waals surface area (Å²) in [5.41, 5.74) is 4.07. The maximum atomic E-state index is 12.7. The summed E-state index contributed by atoms with van der Waals surface area (Å²) in [5.74, 6) is -1.13. The number of nitrogens with zero attached hydrogens (tertiary/aromatic N) is 3. The highest BCUT2D eigenvalue weighted by molar-refractivity contribution is 6.33. The number of hydrazone groups is 1. The van der Waals surface area contributed by atoms with E-state index >= 15 is 0 Å². The van der Waals surface area contributed by atoms with Gasteiger partial charge in [0.2, 0.25) is 0 Å². The maximum Gasteiger partial charge on any atom is 0.269 e. The van der Waals surface area contributed by atoms with Gasteiger partial charge in [0.1, 0.15) is 6.04 Å². The summed E-state index contributed by atoms with van der Waals surface area (Å²) in [6.07, 6.45) is 3.22. The van der Waals surface area contributed by atoms with Crippen LogP contribution in [0.4, 0.5) is 5.69 Å². The van der Waals surface area contributed by atoms with Gasteiger partial charge in [-0.25, -0.2) is 5.43 Å². The minimum absolute atomic E-state index is 0.00745. The summed E-state index contributed by atoms with van der Waals surface area (Å²) in [6.45, 7) is 3.61. The van der Waals surface area contributed by atoms with Crippen LogP contribution in [0.25, 0.3) is 5.69 Å². The van der Waals surface area contributed by atoms with Crippen LogP contribution in [0.2, 0.25) is 5.02 Å². The van der Waals surface area contributed by atoms with E-state index in [2.05, 4.69) is 15.8 Å². The van der Waals surface area contributed by atoms with Crippen molar-refractivity contribution in [2.24, 2.45) is 11.0 Å². The first-order chi connectivity index (χ1) is 15.8. The zero-order valence-corrected chi connectivity index (χ0v) is 18.7. The Morgan fingerprint density at radius 2 is 1.79 bits per heavy atom. The number of nitro groups is 1. The van der Waals surface area contributed by atoms with Crippen LogP contribution < -0.4 is 10.7 Å². The Hall–Kier alpha value is -3.98. The van der Waals surface area contributed by atoms with Gasteiger partial charge in [0.25, 0.3) is 17.5 Å². The number of benzene rings is 2. The van der Waals surface area contributed by atoms with Crippen LogP contribution in [0.3, 0.4) is 0 Å². The predicted molar refractivity (Wildman–Crippen MR) is 126 cm³/mol. The minimum Gasteiger partial charge on any atom is -0.340 e. The number of nitro benzene ring substituents is 1. The van der Waals surface area contributed by atoms with Crippen LogP contribution >= 0.6 is 11.6 Å². The largest absolute Gasteiger partial charge is 0.340 e. The molecule has 2 N–H and O–H groups in total. The lowest BCUT2D eigenvalue weighted by Crippen LogP contribution is -2.48. The monoisotopic (exact) mass is 467 g/mol. The standard InChI is InChI=1S/C23H22ClN5O4/c1-15(2)21(26-22(30)19-7-3-4-8-20(19)24)23(31)27-25-14-18-6-5-13-28(18)16-9-11-17(12-10-16)29(32)33/h3-15,21H,1-2H3,(H,26,30)(H,27,31)/b25-14-. The lowest BCUT2D eigenvalue weighted by molar-refractivity contribution is -0.384. The molecule has 9 nitrogen and oxygen atoms in total. The molecule has 0 aliphatic heterocycles. The van der Waals surface area contributed by atoms with Crippen molar-refractivity contribution in [2.75, 3.05) is 0 Å². The fraction of sp³-hybridized carbons (Fsp3) is 0.174. The minimum atomic E-state index is -0.826. The van der Waals surface area contributed by atoms with Gasteiger partial charge in [-0.15, -0.1) is 0 Å². The van der Waals surface area contributed by atoms with Crippen molar-refractivity contribution in [3.05, 3.63) is 93.3 Å². The van der Waals surface area contributed by atoms with Crippen molar-refractivity contribution in [2.45, 2.75) is 19.9 Å². The number of non-ortho nitro benzene ring substituents is 1. The van der Waals surface area contributed by atoms with Crippen molar-refractivity contribution < 1.29 is 14.5 Å². The average molecular weight is 468 g/mol. The zero-order chi connectivity index (χ0) is 24.0. The van der Waals surface area contributed by atoms with E-state index in [0.29, 0.717) is 16.4 Å². The Labute approximate surface area is 195 Å². The molecule has 1 aromatic heterocycles. The van der Waals surface area contributed by atoms with Gasteiger partial charge >= 0.3 is 0 Å². The van der Waals surface area contributed by atoms with Crippen molar-refractivity contribution in [3.63, 3.8) is 0 Å². The van der Waals surface area contributed by atoms with Gasteiger partial charge < -0.3 is 9.88 Å². The second-order valence-corrected chi connectivity index (χ2v) is 7.89. The molecule has 2 aromatic carbocycles. The first-order valence-electron chi connectivity index (χ1n) is 10.1. The van der Waals surface area contributed by atoms with Gasteiger partial charge in [-0.05, 0) is 42.3 Å². The number of carbonyl (C=O) groups is 2. The van der Waals surface area contributed by atoms with Gasteiger partial charge in [0, 0.05) is 24.0 Å². The highest BCUT2D eigenvalue weighted by Gasteiger charge is 2.25. The topological polar surface area (TPSA) is 119 Å². The molecule has 1 atom stereocenters. The van der Waals surface area contributed by atoms with E-state index in [0.717, 1.165) is 0 Å². The fourth-order valence-corrected chi connectivity index (χ4v) is 3.32. The number of aromatic nitrogens is 1. The van der Waals surface area contributed by atoms with Crippen LogP contribution in [-0.4, -0.2) is 33.6 Å². The molecule has 3 aromatic rings. The van der Waals surface area contributed by atoms with Crippen molar-refractivity contribution >= 4 is 35.3 Å². The molecule has 0 fully saturated rings. The molecule has 3 rings (SSSR count). The quantitative estimate of drug-likeness (QED) is 0.296. The smallest absolute Gasteiger partial charge is 0.269 e. The van der Waals surface area contributed by atoms with E-state index in [-0.39, 0.29) is 17.2 Å². The van der Waals surface area contributed by atoms with Crippen molar-refractivity contribution in [1.82, 2.24) is 15.3 Å². The summed E-state index contributed by atoms with van der Waals surface area (Å²) in [5, 5.41) is 17.9. The third kappa shape index (κ3) is 5.83. The number of carbonyl (C=O) groups excluding carboxylic acids is 2. The van der Waals surface area contributed by atoms with Gasteiger partial charge in [0.05, 0.1) is 27.4 Å². The normalized spacial score (nSPS) is 12.0. The summed E-state index contributed by atoms with van der Waals surface area (Å²) >= 11 is 6.07. The molecule has 10 heteroatoms. The third-order valence-corrected chi connectivity index (χ3v) is 5.17. The fourth-order valence-electron chi connectivity index (χ4n) is 3.10. The number of nitrogens with one attached hydrogen (secondary N) is 2. The van der Waals surface area contributed by atoms with Crippen LogP contribution in [0.5, 0.6) is 0 Å². The Kier molecular flexibility index (Phi) is 7.57. The number of hydrogen-bond donors (Lipinski definition) is 2. The first kappa shape index (κ1) is 23.7. The van der Waals surface area contributed by atoms with Crippen LogP contribution in [-0.2, 0) is 4.79 Å². The van der Waals surface area contributed by atoms with E-state index in [1.54, 1.807) is 73.1 Å². The first-order valence-corrected chi connectivity index (χ1v) is 10.5. The molecule has 0 aliphatic carbocycles. The molecular formula is C23H22ClN5O4. The number of hydrogen-bond acceptors (Lipinski definition) is 5. The maximum absolute atomic E-state index is 12.7. The number of rotatable bonds is 8. The Bertz CT molecular complexity index is 1190. The second-order valence-electron chi connectivity index (χ2n) is 7.49. The molecule has 0 spiro atoms. The van der Waals surface area contributed by atoms with Crippen LogP contribution in [0.1, 0.15) is 29.9 Å². The Morgan fingerprint density at radius 1 is 1.09 bits per heavy atom. The lowest BCUT2D eigenvalue weighted by atomic mass is 10.0. The molecule has 0 saturated heterocycles. The summed E-state index contributed by atoms with van der Waals surface area (Å²) in [6, 6.07) is 15.4. The molecule has 0 saturated carbocycles. The zero-order valence-electron chi connectivity index (χ0n) is 17.9. The van der Waals surface area contributed by atoms with E-state index in [9.17, 15) is 19.7 Å². The number of amides is 2. The molecule has 33 heavy (non-hydrogen) atoms. The third-order valence-electron chi connectivity index (χ3n) is 4.84. The molecule has 170 valence electrons. The molecule has 0 radical (unpaired) electrons. The Morgan fingerprint density at radius 3 is 2.42 bits per heavy atom. The molecule has 2 amide bonds. The van der Waals surface area contributed by atoms with Gasteiger partial charge in [-0.2, -0.15) is 5.10 Å². The molecular weight excluding hydrogens is 446 g/mol. The number of halogens is 1. The van der Waals surface area contributed by atoms with Crippen LogP contribution in [0.15, 0.2) is 72.0 Å². The van der Waals surface area contributed by atoms with E-state index in [1.807, 2.05) is 0 Å². The summed E-state index contributed by atoms with van der Waals surface area (Å²) in [4.78, 5) is 35.6. The van der Waals surface area contributed by atoms with Crippen LogP contribution in [0, 0.1) is 16.0 Å². The lowest BCUT2D eigenvalue weighted by Gasteiger charge is -2.20. The molecule has 0 aliphatic rings. The van der Waals surface area contributed by atoms with Gasteiger partial charge in [-0.3, -0.25) is 19.7 Å². The highest BCUT2D eigenvalue weighted by Crippen LogP contribution is 2.17. The van der Waals surface area contributed by atoms with Crippen molar-refractivity contribution in [3.8, 4) is 5.69 Å². The van der Waals surface area contributed by atoms with E-state index in [4.69, 9.17) is 11.6 Å². The summed E-state index contributed by atoms with van der Waals surface area (Å²) in [7, 11) is 0. The summed E-state index contributed by atoms with van der Waals surface area (Å²) < 4.78 is 1.76. The predicted octanol–water partition coefficient (Wildman–Crippen LogP) is 3.94. The average Bonchev–Trinajstić information content (AvgIpc) is 3.25.